The summed E-state index contributed by atoms with van der Waals surface area (Å²) in [5, 5.41) is 0.453. The second-order valence-corrected chi connectivity index (χ2v) is 6.46. The first-order chi connectivity index (χ1) is 7.97. The van der Waals surface area contributed by atoms with Crippen molar-refractivity contribution in [2.45, 2.75) is 17.9 Å². The van der Waals surface area contributed by atoms with Gasteiger partial charge in [-0.05, 0) is 31.2 Å². The van der Waals surface area contributed by atoms with Crippen molar-refractivity contribution in [2.75, 3.05) is 11.5 Å². The molecule has 0 aliphatic carbocycles. The van der Waals surface area contributed by atoms with Gasteiger partial charge in [0.2, 0.25) is 0 Å². The molecule has 92 valence electrons. The van der Waals surface area contributed by atoms with Crippen LogP contribution in [0, 0.1) is 0 Å². The van der Waals surface area contributed by atoms with Crippen molar-refractivity contribution in [1.29, 1.82) is 0 Å². The van der Waals surface area contributed by atoms with Crippen LogP contribution in [0.25, 0.3) is 0 Å². The highest BCUT2D eigenvalue weighted by molar-refractivity contribution is 8.15. The molecule has 1 unspecified atom stereocenters. The summed E-state index contributed by atoms with van der Waals surface area (Å²) in [5.74, 6) is 0.805. The number of nitrogens with two attached hydrogens (primary N) is 1. The van der Waals surface area contributed by atoms with Gasteiger partial charge in [0.25, 0.3) is 10.0 Å². The van der Waals surface area contributed by atoms with Gasteiger partial charge in [-0.2, -0.15) is 0 Å². The van der Waals surface area contributed by atoms with Crippen molar-refractivity contribution in [2.24, 2.45) is 4.99 Å². The first-order valence-corrected chi connectivity index (χ1v) is 7.53. The Hall–Kier alpha value is -1.21. The van der Waals surface area contributed by atoms with Crippen LogP contribution >= 0.6 is 11.8 Å². The van der Waals surface area contributed by atoms with Crippen molar-refractivity contribution < 1.29 is 8.42 Å². The van der Waals surface area contributed by atoms with Crippen LogP contribution < -0.4 is 10.5 Å². The van der Waals surface area contributed by atoms with Crippen LogP contribution in [0.1, 0.15) is 6.92 Å². The summed E-state index contributed by atoms with van der Waals surface area (Å²) in [6.07, 6.45) is 0. The molecule has 1 aromatic rings. The Morgan fingerprint density at radius 2 is 2.06 bits per heavy atom. The van der Waals surface area contributed by atoms with E-state index in [0.717, 1.165) is 5.75 Å². The number of rotatable bonds is 2. The third-order valence-electron chi connectivity index (χ3n) is 2.21. The number of nitrogens with one attached hydrogen (secondary N) is 1. The molecule has 0 saturated carbocycles. The van der Waals surface area contributed by atoms with Gasteiger partial charge in [-0.15, -0.1) is 0 Å². The standard InChI is InChI=1S/C10H13N3O2S2/c1-7-6-16-10(12-7)13-17(14,15)9-4-2-8(11)3-5-9/h2-5,7H,6,11H2,1H3,(H,12,13). The molecule has 0 bridgehead atoms. The number of benzene rings is 1. The molecule has 0 spiro atoms. The quantitative estimate of drug-likeness (QED) is 0.787. The fourth-order valence-corrected chi connectivity index (χ4v) is 3.54. The van der Waals surface area contributed by atoms with E-state index < -0.39 is 10.0 Å². The minimum atomic E-state index is -3.54. The Kier molecular flexibility index (Phi) is 3.30. The second kappa shape index (κ2) is 4.58. The number of aliphatic imine (C=N–C) groups is 1. The predicted molar refractivity (Wildman–Crippen MR) is 70.5 cm³/mol. The molecule has 0 saturated heterocycles. The van der Waals surface area contributed by atoms with Gasteiger partial charge in [-0.3, -0.25) is 9.71 Å². The molecule has 0 aromatic heterocycles. The highest BCUT2D eigenvalue weighted by Gasteiger charge is 2.20. The fraction of sp³-hybridized carbons (Fsp3) is 0.300. The summed E-state index contributed by atoms with van der Waals surface area (Å²) in [7, 11) is -3.54. The van der Waals surface area contributed by atoms with Gasteiger partial charge >= 0.3 is 0 Å². The summed E-state index contributed by atoms with van der Waals surface area (Å²) < 4.78 is 26.4. The van der Waals surface area contributed by atoms with E-state index in [-0.39, 0.29) is 10.9 Å². The maximum Gasteiger partial charge on any atom is 0.263 e. The molecule has 0 radical (unpaired) electrons. The van der Waals surface area contributed by atoms with E-state index in [4.69, 9.17) is 5.73 Å². The van der Waals surface area contributed by atoms with Crippen molar-refractivity contribution >= 4 is 32.6 Å². The molecule has 5 nitrogen and oxygen atoms in total. The van der Waals surface area contributed by atoms with Gasteiger partial charge in [-0.25, -0.2) is 8.42 Å². The van der Waals surface area contributed by atoms with E-state index in [1.807, 2.05) is 6.92 Å². The lowest BCUT2D eigenvalue weighted by atomic mass is 10.3. The van der Waals surface area contributed by atoms with Crippen LogP contribution in [-0.2, 0) is 10.0 Å². The number of sulfonamides is 1. The Bertz CT molecular complexity index is 537. The molecule has 0 fully saturated rings. The summed E-state index contributed by atoms with van der Waals surface area (Å²) in [5.41, 5.74) is 6.04. The van der Waals surface area contributed by atoms with E-state index in [0.29, 0.717) is 10.9 Å². The van der Waals surface area contributed by atoms with Gasteiger partial charge in [0, 0.05) is 11.4 Å². The molecule has 1 atom stereocenters. The van der Waals surface area contributed by atoms with Crippen molar-refractivity contribution in [3.8, 4) is 0 Å². The maximum absolute atomic E-state index is 12.0. The van der Waals surface area contributed by atoms with Gasteiger partial charge < -0.3 is 5.73 Å². The summed E-state index contributed by atoms with van der Waals surface area (Å²) in [4.78, 5) is 4.37. The molecule has 2 rings (SSSR count). The van der Waals surface area contributed by atoms with Crippen LogP contribution in [0.2, 0.25) is 0 Å². The first-order valence-electron chi connectivity index (χ1n) is 5.06. The number of hydrogen-bond donors (Lipinski definition) is 2. The van der Waals surface area contributed by atoms with Crippen LogP contribution in [0.15, 0.2) is 34.2 Å². The van der Waals surface area contributed by atoms with Crippen molar-refractivity contribution in [3.63, 3.8) is 0 Å². The minimum absolute atomic E-state index is 0.157. The van der Waals surface area contributed by atoms with Crippen molar-refractivity contribution in [3.05, 3.63) is 24.3 Å². The van der Waals surface area contributed by atoms with E-state index >= 15 is 0 Å². The third-order valence-corrected chi connectivity index (χ3v) is 4.83. The smallest absolute Gasteiger partial charge is 0.263 e. The van der Waals surface area contributed by atoms with Crippen molar-refractivity contribution in [1.82, 2.24) is 4.72 Å². The Balaban J connectivity index is 2.20. The number of nitrogens with zero attached hydrogens (tertiary/aromatic N) is 1. The molecular formula is C10H13N3O2S2. The van der Waals surface area contributed by atoms with Gasteiger partial charge in [0.05, 0.1) is 10.9 Å². The van der Waals surface area contributed by atoms with E-state index in [9.17, 15) is 8.42 Å². The average molecular weight is 271 g/mol. The van der Waals surface area contributed by atoms with E-state index in [2.05, 4.69) is 9.71 Å². The van der Waals surface area contributed by atoms with Crippen LogP contribution in [0.3, 0.4) is 0 Å². The lowest BCUT2D eigenvalue weighted by Crippen LogP contribution is -2.27. The highest BCUT2D eigenvalue weighted by atomic mass is 32.2. The molecule has 1 heterocycles. The van der Waals surface area contributed by atoms with Gasteiger partial charge in [0.1, 0.15) is 0 Å². The lowest BCUT2D eigenvalue weighted by molar-refractivity contribution is 0.593. The Morgan fingerprint density at radius 1 is 1.41 bits per heavy atom. The second-order valence-electron chi connectivity index (χ2n) is 3.77. The summed E-state index contributed by atoms with van der Waals surface area (Å²) >= 11 is 1.41. The average Bonchev–Trinajstić information content (AvgIpc) is 2.63. The van der Waals surface area contributed by atoms with Gasteiger partial charge in [0.15, 0.2) is 5.17 Å². The molecule has 7 heteroatoms. The number of nitrogen functional groups attached to an aromatic ring is 1. The number of anilines is 1. The SMILES string of the molecule is CC1CSC(NS(=O)(=O)c2ccc(N)cc2)=N1. The van der Waals surface area contributed by atoms with E-state index in [1.54, 1.807) is 12.1 Å². The highest BCUT2D eigenvalue weighted by Crippen LogP contribution is 2.18. The molecule has 1 aromatic carbocycles. The fourth-order valence-electron chi connectivity index (χ4n) is 1.35. The zero-order valence-electron chi connectivity index (χ0n) is 9.25. The summed E-state index contributed by atoms with van der Waals surface area (Å²) in [6, 6.07) is 6.22. The third kappa shape index (κ3) is 2.92. The Labute approximate surface area is 105 Å². The van der Waals surface area contributed by atoms with Gasteiger partial charge in [-0.1, -0.05) is 11.8 Å². The molecular weight excluding hydrogens is 258 g/mol. The number of thioether (sulfide) groups is 1. The lowest BCUT2D eigenvalue weighted by Gasteiger charge is -2.06. The normalized spacial score (nSPS) is 20.1. The van der Waals surface area contributed by atoms with Crippen LogP contribution in [-0.4, -0.2) is 25.4 Å². The first kappa shape index (κ1) is 12.3. The maximum atomic E-state index is 12.0. The van der Waals surface area contributed by atoms with E-state index in [1.165, 1.54) is 23.9 Å². The molecule has 17 heavy (non-hydrogen) atoms. The zero-order valence-corrected chi connectivity index (χ0v) is 10.9. The minimum Gasteiger partial charge on any atom is -0.399 e. The largest absolute Gasteiger partial charge is 0.399 e. The monoisotopic (exact) mass is 271 g/mol. The molecule has 3 N–H and O–H groups in total. The van der Waals surface area contributed by atoms with Crippen LogP contribution in [0.5, 0.6) is 0 Å². The van der Waals surface area contributed by atoms with Crippen LogP contribution in [0.4, 0.5) is 5.69 Å². The molecule has 1 aliphatic rings. The summed E-state index contributed by atoms with van der Waals surface area (Å²) in [6.45, 7) is 1.94. The zero-order chi connectivity index (χ0) is 12.5. The molecule has 0 amide bonds. The number of hydrogen-bond acceptors (Lipinski definition) is 5. The Morgan fingerprint density at radius 3 is 2.59 bits per heavy atom. The number of amidine groups is 1. The predicted octanol–water partition coefficient (Wildman–Crippen LogP) is 1.04. The molecule has 1 aliphatic heterocycles. The topological polar surface area (TPSA) is 84.5 Å².